The summed E-state index contributed by atoms with van der Waals surface area (Å²) in [5.41, 5.74) is 0.806. The molecule has 16 heavy (non-hydrogen) atoms. The summed E-state index contributed by atoms with van der Waals surface area (Å²) >= 11 is 0. The number of likely N-dealkylation sites (N-methyl/N-ethyl adjacent to an activating group) is 1. The van der Waals surface area contributed by atoms with Gasteiger partial charge in [0.1, 0.15) is 12.0 Å². The molecule has 0 aliphatic heterocycles. The highest BCUT2D eigenvalue weighted by atomic mass is 16.6. The van der Waals surface area contributed by atoms with Crippen molar-refractivity contribution in [2.24, 2.45) is 0 Å². The highest BCUT2D eigenvalue weighted by Gasteiger charge is 2.08. The van der Waals surface area contributed by atoms with Gasteiger partial charge in [0.25, 0.3) is 5.69 Å². The first-order valence-corrected chi connectivity index (χ1v) is 5.20. The number of pyridine rings is 1. The maximum absolute atomic E-state index is 10.5. The van der Waals surface area contributed by atoms with E-state index in [1.54, 1.807) is 6.92 Å². The quantitative estimate of drug-likeness (QED) is 0.433. The van der Waals surface area contributed by atoms with Gasteiger partial charge < -0.3 is 10.6 Å². The molecule has 1 heterocycles. The van der Waals surface area contributed by atoms with Gasteiger partial charge in [-0.25, -0.2) is 4.98 Å². The van der Waals surface area contributed by atoms with Crippen molar-refractivity contribution in [2.45, 2.75) is 13.8 Å². The van der Waals surface area contributed by atoms with Crippen molar-refractivity contribution in [1.29, 1.82) is 0 Å². The molecule has 2 N–H and O–H groups in total. The summed E-state index contributed by atoms with van der Waals surface area (Å²) in [6, 6.07) is 1.52. The molecule has 1 rings (SSSR count). The number of anilines is 1. The normalized spacial score (nSPS) is 10.1. The van der Waals surface area contributed by atoms with E-state index in [4.69, 9.17) is 0 Å². The van der Waals surface area contributed by atoms with E-state index in [0.29, 0.717) is 5.82 Å². The molecule has 0 saturated carbocycles. The van der Waals surface area contributed by atoms with E-state index in [-0.39, 0.29) is 5.69 Å². The van der Waals surface area contributed by atoms with E-state index in [9.17, 15) is 10.1 Å². The first-order chi connectivity index (χ1) is 7.65. The molecule has 1 aromatic heterocycles. The Bertz CT molecular complexity index is 368. The molecule has 0 atom stereocenters. The number of hydrogen-bond acceptors (Lipinski definition) is 5. The lowest BCUT2D eigenvalue weighted by Gasteiger charge is -2.07. The third-order valence-electron chi connectivity index (χ3n) is 2.12. The number of nitro groups is 1. The zero-order valence-corrected chi connectivity index (χ0v) is 9.49. The van der Waals surface area contributed by atoms with Gasteiger partial charge in [-0.3, -0.25) is 10.1 Å². The van der Waals surface area contributed by atoms with Crippen LogP contribution >= 0.6 is 0 Å². The van der Waals surface area contributed by atoms with E-state index in [1.807, 2.05) is 6.92 Å². The highest BCUT2D eigenvalue weighted by molar-refractivity contribution is 5.48. The van der Waals surface area contributed by atoms with E-state index in [2.05, 4.69) is 15.6 Å². The largest absolute Gasteiger partial charge is 0.369 e. The van der Waals surface area contributed by atoms with Gasteiger partial charge in [0.2, 0.25) is 0 Å². The van der Waals surface area contributed by atoms with Crippen molar-refractivity contribution in [3.05, 3.63) is 27.9 Å². The average molecular weight is 224 g/mol. The molecule has 88 valence electrons. The number of nitrogens with one attached hydrogen (secondary N) is 2. The molecule has 0 aliphatic rings. The number of nitrogens with zero attached hydrogens (tertiary/aromatic N) is 2. The van der Waals surface area contributed by atoms with Crippen LogP contribution in [0.5, 0.6) is 0 Å². The number of hydrogen-bond donors (Lipinski definition) is 2. The Labute approximate surface area is 94.2 Å². The number of aryl methyl sites for hydroxylation is 1. The van der Waals surface area contributed by atoms with Crippen LogP contribution in [0.3, 0.4) is 0 Å². The summed E-state index contributed by atoms with van der Waals surface area (Å²) in [7, 11) is 0. The molecule has 0 aromatic carbocycles. The van der Waals surface area contributed by atoms with E-state index in [0.717, 1.165) is 25.2 Å². The van der Waals surface area contributed by atoms with Gasteiger partial charge in [0.15, 0.2) is 0 Å². The SMILES string of the molecule is CCNCCNc1ncc([N+](=O)[O-])cc1C. The lowest BCUT2D eigenvalue weighted by Crippen LogP contribution is -2.22. The van der Waals surface area contributed by atoms with Crippen LogP contribution in [-0.2, 0) is 0 Å². The van der Waals surface area contributed by atoms with Gasteiger partial charge in [-0.15, -0.1) is 0 Å². The van der Waals surface area contributed by atoms with Gasteiger partial charge >= 0.3 is 0 Å². The van der Waals surface area contributed by atoms with Crippen LogP contribution in [0, 0.1) is 17.0 Å². The van der Waals surface area contributed by atoms with Gasteiger partial charge in [0, 0.05) is 19.2 Å². The molecule has 0 aliphatic carbocycles. The second kappa shape index (κ2) is 6.02. The minimum absolute atomic E-state index is 0.0229. The smallest absolute Gasteiger partial charge is 0.287 e. The molecule has 0 saturated heterocycles. The van der Waals surface area contributed by atoms with Crippen molar-refractivity contribution in [2.75, 3.05) is 25.0 Å². The van der Waals surface area contributed by atoms with Gasteiger partial charge in [0.05, 0.1) is 4.92 Å². The highest BCUT2D eigenvalue weighted by Crippen LogP contribution is 2.17. The summed E-state index contributed by atoms with van der Waals surface area (Å²) in [5.74, 6) is 0.698. The van der Waals surface area contributed by atoms with Crippen LogP contribution in [0.1, 0.15) is 12.5 Å². The lowest BCUT2D eigenvalue weighted by atomic mass is 10.2. The summed E-state index contributed by atoms with van der Waals surface area (Å²) in [6.07, 6.45) is 1.27. The average Bonchev–Trinajstić information content (AvgIpc) is 2.26. The second-order valence-corrected chi connectivity index (χ2v) is 3.40. The summed E-state index contributed by atoms with van der Waals surface area (Å²) in [6.45, 7) is 6.35. The predicted octanol–water partition coefficient (Wildman–Crippen LogP) is 1.32. The molecule has 1 aromatic rings. The Balaban J connectivity index is 2.57. The third-order valence-corrected chi connectivity index (χ3v) is 2.12. The molecular weight excluding hydrogens is 208 g/mol. The maximum Gasteiger partial charge on any atom is 0.287 e. The number of rotatable bonds is 6. The molecule has 0 bridgehead atoms. The Kier molecular flexibility index (Phi) is 4.65. The first-order valence-electron chi connectivity index (χ1n) is 5.20. The fraction of sp³-hybridized carbons (Fsp3) is 0.500. The van der Waals surface area contributed by atoms with Crippen molar-refractivity contribution in [3.8, 4) is 0 Å². The molecule has 0 fully saturated rings. The van der Waals surface area contributed by atoms with Gasteiger partial charge in [-0.05, 0) is 19.0 Å². The number of aromatic nitrogens is 1. The Morgan fingerprint density at radius 3 is 2.81 bits per heavy atom. The van der Waals surface area contributed by atoms with Crippen LogP contribution in [0.15, 0.2) is 12.3 Å². The van der Waals surface area contributed by atoms with Crippen LogP contribution in [0.4, 0.5) is 11.5 Å². The van der Waals surface area contributed by atoms with Gasteiger partial charge in [-0.2, -0.15) is 0 Å². The molecule has 6 heteroatoms. The fourth-order valence-corrected chi connectivity index (χ4v) is 1.29. The van der Waals surface area contributed by atoms with Crippen LogP contribution in [0.2, 0.25) is 0 Å². The predicted molar refractivity (Wildman–Crippen MR) is 62.7 cm³/mol. The first kappa shape index (κ1) is 12.4. The van der Waals surface area contributed by atoms with Crippen LogP contribution < -0.4 is 10.6 Å². The Morgan fingerprint density at radius 2 is 2.25 bits per heavy atom. The summed E-state index contributed by atoms with van der Waals surface area (Å²) < 4.78 is 0. The Hall–Kier alpha value is -1.69. The molecule has 0 radical (unpaired) electrons. The zero-order valence-electron chi connectivity index (χ0n) is 9.49. The monoisotopic (exact) mass is 224 g/mol. The topological polar surface area (TPSA) is 80.1 Å². The van der Waals surface area contributed by atoms with Gasteiger partial charge in [-0.1, -0.05) is 6.92 Å². The van der Waals surface area contributed by atoms with E-state index < -0.39 is 4.92 Å². The lowest BCUT2D eigenvalue weighted by molar-refractivity contribution is -0.385. The molecular formula is C10H16N4O2. The standard InChI is InChI=1S/C10H16N4O2/c1-3-11-4-5-12-10-8(2)6-9(7-13-10)14(15)16/h6-7,11H,3-5H2,1-2H3,(H,12,13). The van der Waals surface area contributed by atoms with E-state index >= 15 is 0 Å². The minimum atomic E-state index is -0.442. The van der Waals surface area contributed by atoms with Crippen LogP contribution in [-0.4, -0.2) is 29.5 Å². The molecule has 0 amide bonds. The van der Waals surface area contributed by atoms with E-state index in [1.165, 1.54) is 12.3 Å². The molecule has 0 spiro atoms. The Morgan fingerprint density at radius 1 is 1.50 bits per heavy atom. The molecule has 0 unspecified atom stereocenters. The van der Waals surface area contributed by atoms with Crippen molar-refractivity contribution in [1.82, 2.24) is 10.3 Å². The molecule has 6 nitrogen and oxygen atoms in total. The second-order valence-electron chi connectivity index (χ2n) is 3.40. The van der Waals surface area contributed by atoms with Crippen LogP contribution in [0.25, 0.3) is 0 Å². The van der Waals surface area contributed by atoms with Crippen molar-refractivity contribution in [3.63, 3.8) is 0 Å². The zero-order chi connectivity index (χ0) is 12.0. The van der Waals surface area contributed by atoms with Crippen molar-refractivity contribution >= 4 is 11.5 Å². The van der Waals surface area contributed by atoms with Crippen molar-refractivity contribution < 1.29 is 4.92 Å². The summed E-state index contributed by atoms with van der Waals surface area (Å²) in [5, 5.41) is 16.8. The summed E-state index contributed by atoms with van der Waals surface area (Å²) in [4.78, 5) is 14.1. The maximum atomic E-state index is 10.5. The third kappa shape index (κ3) is 3.47. The fourth-order valence-electron chi connectivity index (χ4n) is 1.29. The minimum Gasteiger partial charge on any atom is -0.369 e.